The smallest absolute Gasteiger partial charge is 0.233 e. The molecule has 1 saturated heterocycles. The summed E-state index contributed by atoms with van der Waals surface area (Å²) in [6, 6.07) is 0. The second kappa shape index (κ2) is 3.71. The second-order valence-corrected chi connectivity index (χ2v) is 5.01. The van der Waals surface area contributed by atoms with Gasteiger partial charge < -0.3 is 4.57 Å². The monoisotopic (exact) mass is 273 g/mol. The predicted octanol–water partition coefficient (Wildman–Crippen LogP) is 1.19. The summed E-state index contributed by atoms with van der Waals surface area (Å²) in [7, 11) is 0. The van der Waals surface area contributed by atoms with E-state index in [1.165, 1.54) is 11.2 Å². The summed E-state index contributed by atoms with van der Waals surface area (Å²) in [5.41, 5.74) is 0. The van der Waals surface area contributed by atoms with Crippen LogP contribution in [0.4, 0.5) is 0 Å². The molecule has 0 unspecified atom stereocenters. The number of carbonyl (C=O) groups is 2. The van der Waals surface area contributed by atoms with Gasteiger partial charge in [0, 0.05) is 13.1 Å². The van der Waals surface area contributed by atoms with E-state index in [1.807, 2.05) is 0 Å². The van der Waals surface area contributed by atoms with Gasteiger partial charge in [-0.15, -0.1) is 0 Å². The molecular weight excluding hydrogens is 265 g/mol. The third kappa shape index (κ3) is 1.65. The molecule has 2 atom stereocenters. The van der Waals surface area contributed by atoms with Crippen LogP contribution in [0.1, 0.15) is 6.42 Å². The molecule has 1 saturated carbocycles. The third-order valence-electron chi connectivity index (χ3n) is 3.25. The molecule has 2 amide bonds. The largest absolute Gasteiger partial charge is 0.319 e. The lowest BCUT2D eigenvalue weighted by Gasteiger charge is -2.16. The van der Waals surface area contributed by atoms with Gasteiger partial charge in [-0.05, 0) is 6.42 Å². The van der Waals surface area contributed by atoms with E-state index in [0.717, 1.165) is 6.42 Å². The van der Waals surface area contributed by atoms with E-state index < -0.39 is 0 Å². The molecule has 0 bridgehead atoms. The minimum atomic E-state index is -0.0534. The van der Waals surface area contributed by atoms with Gasteiger partial charge in [-0.1, -0.05) is 23.2 Å². The maximum absolute atomic E-state index is 11.7. The van der Waals surface area contributed by atoms with Crippen molar-refractivity contribution in [3.63, 3.8) is 0 Å². The molecule has 2 heterocycles. The number of amides is 2. The number of imide groups is 1. The molecule has 0 radical (unpaired) electrons. The number of rotatable bonds is 3. The zero-order chi connectivity index (χ0) is 12.2. The number of carbonyl (C=O) groups excluding carboxylic acids is 2. The molecule has 2 fully saturated rings. The summed E-state index contributed by atoms with van der Waals surface area (Å²) < 4.78 is 1.62. The van der Waals surface area contributed by atoms with Gasteiger partial charge >= 0.3 is 0 Å². The van der Waals surface area contributed by atoms with E-state index in [4.69, 9.17) is 23.2 Å². The highest BCUT2D eigenvalue weighted by atomic mass is 35.5. The number of halogens is 2. The number of nitrogens with zero attached hydrogens (tertiary/aromatic N) is 3. The van der Waals surface area contributed by atoms with Crippen LogP contribution in [0, 0.1) is 11.8 Å². The highest BCUT2D eigenvalue weighted by Crippen LogP contribution is 2.46. The SMILES string of the molecule is O=C1[C@H]2C[C@@H]2C(=O)N1CCn1cnc(Cl)c1Cl. The van der Waals surface area contributed by atoms with Crippen LogP contribution in [0.5, 0.6) is 0 Å². The number of imidazole rings is 1. The summed E-state index contributed by atoms with van der Waals surface area (Å²) in [5.74, 6) is -0.210. The number of likely N-dealkylation sites (tertiary alicyclic amines) is 1. The number of hydrogen-bond donors (Lipinski definition) is 0. The Labute approximate surface area is 107 Å². The van der Waals surface area contributed by atoms with Gasteiger partial charge in [0.05, 0.1) is 18.2 Å². The van der Waals surface area contributed by atoms with Gasteiger partial charge in [-0.25, -0.2) is 4.98 Å². The van der Waals surface area contributed by atoms with Crippen LogP contribution in [-0.4, -0.2) is 32.8 Å². The molecule has 17 heavy (non-hydrogen) atoms. The Balaban J connectivity index is 1.67. The Kier molecular flexibility index (Phi) is 2.41. The molecule has 7 heteroatoms. The van der Waals surface area contributed by atoms with Crippen molar-refractivity contribution in [2.24, 2.45) is 11.8 Å². The summed E-state index contributed by atoms with van der Waals surface area (Å²) in [5, 5.41) is 0.560. The second-order valence-electron chi connectivity index (χ2n) is 4.30. The van der Waals surface area contributed by atoms with Crippen molar-refractivity contribution in [2.75, 3.05) is 6.54 Å². The quantitative estimate of drug-likeness (QED) is 0.778. The Bertz CT molecular complexity index is 494. The van der Waals surface area contributed by atoms with Crippen molar-refractivity contribution in [1.29, 1.82) is 0 Å². The van der Waals surface area contributed by atoms with Crippen molar-refractivity contribution in [2.45, 2.75) is 13.0 Å². The normalized spacial score (nSPS) is 26.6. The van der Waals surface area contributed by atoms with E-state index in [-0.39, 0.29) is 28.8 Å². The van der Waals surface area contributed by atoms with E-state index in [9.17, 15) is 9.59 Å². The Hall–Kier alpha value is -1.07. The van der Waals surface area contributed by atoms with Crippen LogP contribution in [0.3, 0.4) is 0 Å². The summed E-state index contributed by atoms with van der Waals surface area (Å²) in [6.07, 6.45) is 2.22. The van der Waals surface area contributed by atoms with Crippen molar-refractivity contribution >= 4 is 35.0 Å². The fourth-order valence-electron chi connectivity index (χ4n) is 2.18. The van der Waals surface area contributed by atoms with Crippen LogP contribution in [-0.2, 0) is 16.1 Å². The molecular formula is C10H9Cl2N3O2. The van der Waals surface area contributed by atoms with Crippen LogP contribution in [0.2, 0.25) is 10.3 Å². The highest BCUT2D eigenvalue weighted by molar-refractivity contribution is 6.40. The van der Waals surface area contributed by atoms with Gasteiger partial charge in [0.2, 0.25) is 11.8 Å². The van der Waals surface area contributed by atoms with Gasteiger partial charge in [-0.2, -0.15) is 0 Å². The van der Waals surface area contributed by atoms with E-state index in [2.05, 4.69) is 4.98 Å². The maximum Gasteiger partial charge on any atom is 0.233 e. The van der Waals surface area contributed by atoms with Crippen LogP contribution >= 0.6 is 23.2 Å². The third-order valence-corrected chi connectivity index (χ3v) is 4.02. The molecule has 3 rings (SSSR count). The number of hydrogen-bond acceptors (Lipinski definition) is 3. The number of fused-ring (bicyclic) bond motifs is 1. The van der Waals surface area contributed by atoms with Crippen LogP contribution in [0.25, 0.3) is 0 Å². The van der Waals surface area contributed by atoms with Crippen LogP contribution < -0.4 is 0 Å². The van der Waals surface area contributed by atoms with Crippen molar-refractivity contribution < 1.29 is 9.59 Å². The topological polar surface area (TPSA) is 55.2 Å². The average molecular weight is 274 g/mol. The van der Waals surface area contributed by atoms with Crippen molar-refractivity contribution in [1.82, 2.24) is 14.5 Å². The van der Waals surface area contributed by atoms with Gasteiger partial charge in [-0.3, -0.25) is 14.5 Å². The fourth-order valence-corrected chi connectivity index (χ4v) is 2.51. The molecule has 0 aromatic carbocycles. The molecule has 1 aromatic heterocycles. The molecule has 1 aliphatic heterocycles. The first-order valence-corrected chi connectivity index (χ1v) is 6.06. The maximum atomic E-state index is 11.7. The first-order valence-electron chi connectivity index (χ1n) is 5.31. The molecule has 0 spiro atoms. The molecule has 1 aromatic rings. The van der Waals surface area contributed by atoms with Gasteiger partial charge in [0.1, 0.15) is 5.15 Å². The number of aromatic nitrogens is 2. The minimum absolute atomic E-state index is 0.0515. The lowest BCUT2D eigenvalue weighted by atomic mass is 10.4. The van der Waals surface area contributed by atoms with E-state index >= 15 is 0 Å². The van der Waals surface area contributed by atoms with E-state index in [1.54, 1.807) is 4.57 Å². The highest BCUT2D eigenvalue weighted by Gasteiger charge is 2.58. The first kappa shape index (κ1) is 11.0. The summed E-state index contributed by atoms with van der Waals surface area (Å²) in [6.45, 7) is 0.756. The predicted molar refractivity (Wildman–Crippen MR) is 60.6 cm³/mol. The van der Waals surface area contributed by atoms with E-state index in [0.29, 0.717) is 18.2 Å². The van der Waals surface area contributed by atoms with Crippen molar-refractivity contribution in [3.05, 3.63) is 16.6 Å². The van der Waals surface area contributed by atoms with Crippen molar-refractivity contribution in [3.8, 4) is 0 Å². The van der Waals surface area contributed by atoms with Gasteiger partial charge in [0.25, 0.3) is 0 Å². The van der Waals surface area contributed by atoms with Crippen LogP contribution in [0.15, 0.2) is 6.33 Å². The average Bonchev–Trinajstić information content (AvgIpc) is 2.99. The summed E-state index contributed by atoms with van der Waals surface area (Å²) in [4.78, 5) is 28.5. The standard InChI is InChI=1S/C10H9Cl2N3O2/c11-7-8(12)14(4-13-7)1-2-15-9(16)5-3-6(5)10(15)17/h4-6H,1-3H2/t5-,6-/m0/s1. The minimum Gasteiger partial charge on any atom is -0.319 e. The summed E-state index contributed by atoms with van der Waals surface area (Å²) >= 11 is 11.6. The first-order chi connectivity index (χ1) is 8.09. The molecule has 90 valence electrons. The fraction of sp³-hybridized carbons (Fsp3) is 0.500. The number of piperidine rings is 1. The zero-order valence-electron chi connectivity index (χ0n) is 8.77. The molecule has 2 aliphatic rings. The lowest BCUT2D eigenvalue weighted by Crippen LogP contribution is -2.35. The molecule has 5 nitrogen and oxygen atoms in total. The Morgan fingerprint density at radius 2 is 1.88 bits per heavy atom. The Morgan fingerprint density at radius 1 is 1.24 bits per heavy atom. The zero-order valence-corrected chi connectivity index (χ0v) is 10.3. The lowest BCUT2D eigenvalue weighted by molar-refractivity contribution is -0.141. The molecule has 1 aliphatic carbocycles. The Morgan fingerprint density at radius 3 is 2.41 bits per heavy atom. The van der Waals surface area contributed by atoms with Gasteiger partial charge in [0.15, 0.2) is 5.15 Å². The molecule has 0 N–H and O–H groups in total.